The van der Waals surface area contributed by atoms with E-state index in [1.807, 2.05) is 30.5 Å². The Morgan fingerprint density at radius 1 is 1.16 bits per heavy atom. The number of oxazole rings is 1. The number of aliphatic hydroxyl groups is 1. The molecule has 0 saturated carbocycles. The molecule has 2 aliphatic heterocycles. The van der Waals surface area contributed by atoms with Gasteiger partial charge in [0.2, 0.25) is 5.89 Å². The molecule has 170 valence electrons. The number of hydrogen-bond acceptors (Lipinski definition) is 6. The van der Waals surface area contributed by atoms with Gasteiger partial charge in [-0.2, -0.15) is 0 Å². The third-order valence-corrected chi connectivity index (χ3v) is 7.14. The van der Waals surface area contributed by atoms with Crippen LogP contribution in [0.5, 0.6) is 0 Å². The maximum absolute atomic E-state index is 9.69. The quantitative estimate of drug-likeness (QED) is 0.699. The number of aliphatic hydroxyl groups excluding tert-OH is 1. The normalized spacial score (nSPS) is 22.4. The van der Waals surface area contributed by atoms with Crippen molar-refractivity contribution in [2.75, 3.05) is 39.3 Å². The van der Waals surface area contributed by atoms with Gasteiger partial charge in [-0.3, -0.25) is 9.80 Å². The average molecular weight is 447 g/mol. The highest BCUT2D eigenvalue weighted by molar-refractivity contribution is 6.33. The van der Waals surface area contributed by atoms with E-state index in [1.54, 1.807) is 0 Å². The number of likely N-dealkylation sites (tertiary alicyclic amines) is 1. The van der Waals surface area contributed by atoms with Crippen LogP contribution in [0.4, 0.5) is 0 Å². The lowest BCUT2D eigenvalue weighted by atomic mass is 9.97. The van der Waals surface area contributed by atoms with Crippen LogP contribution >= 0.6 is 11.6 Å². The summed E-state index contributed by atoms with van der Waals surface area (Å²) in [6.07, 6.45) is 5.09. The number of aromatic nitrogens is 1. The lowest BCUT2D eigenvalue weighted by Crippen LogP contribution is -2.58. The highest BCUT2D eigenvalue weighted by Crippen LogP contribution is 2.28. The van der Waals surface area contributed by atoms with Gasteiger partial charge in [0.05, 0.1) is 23.3 Å². The number of piperidine rings is 1. The summed E-state index contributed by atoms with van der Waals surface area (Å²) in [6, 6.07) is 9.28. The fourth-order valence-electron chi connectivity index (χ4n) is 5.06. The summed E-state index contributed by atoms with van der Waals surface area (Å²) >= 11 is 6.29. The molecule has 3 heterocycles. The molecule has 4 rings (SSSR count). The number of hydrogen-bond donors (Lipinski definition) is 1. The van der Waals surface area contributed by atoms with Crippen LogP contribution in [0.15, 0.2) is 34.9 Å². The molecule has 7 heteroatoms. The zero-order valence-corrected chi connectivity index (χ0v) is 19.5. The van der Waals surface area contributed by atoms with Gasteiger partial charge >= 0.3 is 0 Å². The monoisotopic (exact) mass is 446 g/mol. The Morgan fingerprint density at radius 2 is 1.94 bits per heavy atom. The maximum Gasteiger partial charge on any atom is 0.227 e. The second-order valence-corrected chi connectivity index (χ2v) is 9.52. The summed E-state index contributed by atoms with van der Waals surface area (Å²) in [5.74, 6) is 1.43. The lowest BCUT2D eigenvalue weighted by molar-refractivity contribution is -0.00156. The van der Waals surface area contributed by atoms with Crippen molar-refractivity contribution in [1.82, 2.24) is 19.7 Å². The van der Waals surface area contributed by atoms with Crippen molar-refractivity contribution in [1.29, 1.82) is 0 Å². The van der Waals surface area contributed by atoms with E-state index >= 15 is 0 Å². The second-order valence-electron chi connectivity index (χ2n) is 9.11. The van der Waals surface area contributed by atoms with Crippen LogP contribution in [0.2, 0.25) is 5.02 Å². The number of nitrogens with zero attached hydrogens (tertiary/aromatic N) is 4. The lowest BCUT2D eigenvalue weighted by Gasteiger charge is -2.48. The van der Waals surface area contributed by atoms with E-state index in [-0.39, 0.29) is 6.61 Å². The smallest absolute Gasteiger partial charge is 0.227 e. The first-order chi connectivity index (χ1) is 15.0. The molecular formula is C24H35ClN4O2. The summed E-state index contributed by atoms with van der Waals surface area (Å²) < 4.78 is 6.02. The average Bonchev–Trinajstić information content (AvgIpc) is 3.23. The molecule has 2 aromatic rings. The molecule has 1 atom stereocenters. The van der Waals surface area contributed by atoms with E-state index in [1.165, 1.54) is 25.9 Å². The van der Waals surface area contributed by atoms with E-state index in [0.717, 1.165) is 43.9 Å². The Bertz CT molecular complexity index is 834. The Morgan fingerprint density at radius 3 is 2.65 bits per heavy atom. The van der Waals surface area contributed by atoms with Gasteiger partial charge in [0.25, 0.3) is 0 Å². The van der Waals surface area contributed by atoms with Gasteiger partial charge in [0.1, 0.15) is 5.76 Å². The summed E-state index contributed by atoms with van der Waals surface area (Å²) in [6.45, 7) is 10.9. The van der Waals surface area contributed by atoms with Crippen LogP contribution in [0, 0.1) is 0 Å². The number of halogens is 1. The summed E-state index contributed by atoms with van der Waals surface area (Å²) in [5.41, 5.74) is 0.825. The molecule has 6 nitrogen and oxygen atoms in total. The largest absolute Gasteiger partial charge is 0.440 e. The first kappa shape index (κ1) is 22.7. The predicted octanol–water partition coefficient (Wildman–Crippen LogP) is 3.74. The Kier molecular flexibility index (Phi) is 7.67. The maximum atomic E-state index is 9.69. The Labute approximate surface area is 190 Å². The molecule has 1 aromatic heterocycles. The fourth-order valence-corrected chi connectivity index (χ4v) is 5.27. The van der Waals surface area contributed by atoms with Crippen molar-refractivity contribution in [3.8, 4) is 11.5 Å². The number of benzene rings is 1. The molecule has 0 aliphatic carbocycles. The Hall–Kier alpha value is -1.44. The molecule has 31 heavy (non-hydrogen) atoms. The Balaban J connectivity index is 1.36. The van der Waals surface area contributed by atoms with Gasteiger partial charge in [-0.05, 0) is 58.3 Å². The van der Waals surface area contributed by atoms with Crippen LogP contribution < -0.4 is 0 Å². The van der Waals surface area contributed by atoms with Gasteiger partial charge in [-0.1, -0.05) is 23.7 Å². The van der Waals surface area contributed by atoms with Crippen LogP contribution in [-0.4, -0.2) is 82.2 Å². The second kappa shape index (κ2) is 10.5. The van der Waals surface area contributed by atoms with Gasteiger partial charge in [0, 0.05) is 44.4 Å². The van der Waals surface area contributed by atoms with Crippen LogP contribution in [-0.2, 0) is 6.54 Å². The molecule has 0 spiro atoms. The highest BCUT2D eigenvalue weighted by Gasteiger charge is 2.34. The molecule has 0 radical (unpaired) electrons. The molecule has 0 amide bonds. The van der Waals surface area contributed by atoms with Crippen molar-refractivity contribution < 1.29 is 9.52 Å². The van der Waals surface area contributed by atoms with Crippen LogP contribution in [0.3, 0.4) is 0 Å². The summed E-state index contributed by atoms with van der Waals surface area (Å²) in [5, 5.41) is 10.3. The molecule has 2 fully saturated rings. The molecule has 2 saturated heterocycles. The van der Waals surface area contributed by atoms with E-state index in [4.69, 9.17) is 16.0 Å². The van der Waals surface area contributed by atoms with Crippen molar-refractivity contribution in [2.24, 2.45) is 0 Å². The van der Waals surface area contributed by atoms with Gasteiger partial charge in [-0.15, -0.1) is 0 Å². The van der Waals surface area contributed by atoms with Crippen molar-refractivity contribution in [3.05, 3.63) is 41.2 Å². The molecular weight excluding hydrogens is 412 g/mol. The van der Waals surface area contributed by atoms with E-state index in [9.17, 15) is 5.11 Å². The first-order valence-electron chi connectivity index (χ1n) is 11.6. The summed E-state index contributed by atoms with van der Waals surface area (Å²) in [7, 11) is 0. The topological polar surface area (TPSA) is 56.0 Å². The molecule has 1 N–H and O–H groups in total. The zero-order chi connectivity index (χ0) is 21.8. The standard InChI is InChI=1S/C24H35ClN4O2/c1-18(2)28-10-7-19(8-11-28)29-13-12-27(16-20(29)9-14-30)17-21-15-26-24(31-21)22-5-3-4-6-23(22)25/h3-6,15,18-20,30H,7-14,16-17H2,1-2H3. The molecule has 1 unspecified atom stereocenters. The van der Waals surface area contributed by atoms with Gasteiger partial charge in [0.15, 0.2) is 0 Å². The first-order valence-corrected chi connectivity index (χ1v) is 12.0. The molecule has 2 aliphatic rings. The summed E-state index contributed by atoms with van der Waals surface area (Å²) in [4.78, 5) is 12.1. The predicted molar refractivity (Wildman–Crippen MR) is 124 cm³/mol. The van der Waals surface area contributed by atoms with Crippen LogP contribution in [0.1, 0.15) is 38.9 Å². The minimum absolute atomic E-state index is 0.235. The molecule has 1 aromatic carbocycles. The van der Waals surface area contributed by atoms with Crippen molar-refractivity contribution in [3.63, 3.8) is 0 Å². The third-order valence-electron chi connectivity index (χ3n) is 6.81. The van der Waals surface area contributed by atoms with Gasteiger partial charge in [-0.25, -0.2) is 4.98 Å². The SMILES string of the molecule is CC(C)N1CCC(N2CCN(Cc3cnc(-c4ccccc4Cl)o3)CC2CCO)CC1. The van der Waals surface area contributed by atoms with E-state index in [0.29, 0.717) is 29.0 Å². The van der Waals surface area contributed by atoms with Crippen molar-refractivity contribution >= 4 is 11.6 Å². The number of rotatable bonds is 7. The highest BCUT2D eigenvalue weighted by atomic mass is 35.5. The number of piperazine rings is 1. The minimum Gasteiger partial charge on any atom is -0.440 e. The molecule has 0 bridgehead atoms. The van der Waals surface area contributed by atoms with E-state index in [2.05, 4.69) is 33.5 Å². The zero-order valence-electron chi connectivity index (χ0n) is 18.7. The third kappa shape index (κ3) is 5.49. The minimum atomic E-state index is 0.235. The van der Waals surface area contributed by atoms with Crippen molar-refractivity contribution in [2.45, 2.75) is 57.8 Å². The fraction of sp³-hybridized carbons (Fsp3) is 0.625. The van der Waals surface area contributed by atoms with E-state index < -0.39 is 0 Å². The van der Waals surface area contributed by atoms with Crippen LogP contribution in [0.25, 0.3) is 11.5 Å². The van der Waals surface area contributed by atoms with Gasteiger partial charge < -0.3 is 14.4 Å².